The van der Waals surface area contributed by atoms with Crippen LogP contribution in [0.4, 0.5) is 68.2 Å². The zero-order valence-corrected chi connectivity index (χ0v) is 40.3. The van der Waals surface area contributed by atoms with Crippen molar-refractivity contribution in [3.8, 4) is 0 Å². The molecule has 10 heteroatoms. The van der Waals surface area contributed by atoms with Crippen LogP contribution in [-0.4, -0.2) is 16.7 Å². The van der Waals surface area contributed by atoms with E-state index in [-0.39, 0.29) is 17.8 Å². The zero-order valence-electron chi connectivity index (χ0n) is 45.5. The van der Waals surface area contributed by atoms with Gasteiger partial charge in [-0.25, -0.2) is 9.97 Å². The van der Waals surface area contributed by atoms with Crippen molar-refractivity contribution in [1.29, 1.82) is 0 Å². The second kappa shape index (κ2) is 18.7. The van der Waals surface area contributed by atoms with E-state index in [0.29, 0.717) is 38.6 Å². The lowest BCUT2D eigenvalue weighted by atomic mass is 9.35. The highest BCUT2D eigenvalue weighted by Crippen LogP contribution is 2.49. The third-order valence-electron chi connectivity index (χ3n) is 13.5. The minimum absolute atomic E-state index is 0.134. The molecular formula is C64H46BClN6O2. The molecule has 12 aromatic rings. The number of benzene rings is 8. The van der Waals surface area contributed by atoms with Gasteiger partial charge < -0.3 is 28.4 Å². The molecule has 74 heavy (non-hydrogen) atoms. The second-order valence-electron chi connectivity index (χ2n) is 17.9. The van der Waals surface area contributed by atoms with E-state index in [1.807, 2.05) is 138 Å². The Morgan fingerprint density at radius 3 is 1.59 bits per heavy atom. The highest BCUT2D eigenvalue weighted by atomic mass is 35.5. The van der Waals surface area contributed by atoms with Crippen molar-refractivity contribution < 1.29 is 17.1 Å². The van der Waals surface area contributed by atoms with Crippen molar-refractivity contribution in [2.75, 3.05) is 19.6 Å². The number of para-hydroxylation sites is 6. The number of nitrogens with zero attached hydrogens (tertiary/aromatic N) is 6. The number of anilines is 12. The average molecular weight is 983 g/mol. The highest BCUT2D eigenvalue weighted by molar-refractivity contribution is 6.99. The summed E-state index contributed by atoms with van der Waals surface area (Å²) in [5.41, 5.74) is 15.0. The first-order valence-corrected chi connectivity index (χ1v) is 24.6. The fraction of sp³-hybridized carbons (Fsp3) is 0.0312. The molecular weight excluding hydrogens is 931 g/mol. The molecule has 0 radical (unpaired) electrons. The summed E-state index contributed by atoms with van der Waals surface area (Å²) in [7, 11) is 0. The Morgan fingerprint density at radius 1 is 0.486 bits per heavy atom. The fourth-order valence-electron chi connectivity index (χ4n) is 10.5. The Labute approximate surface area is 443 Å². The van der Waals surface area contributed by atoms with Crippen LogP contribution in [0.1, 0.15) is 19.4 Å². The number of hydrogen-bond donors (Lipinski definition) is 0. The lowest BCUT2D eigenvalue weighted by Gasteiger charge is -2.42. The van der Waals surface area contributed by atoms with Crippen molar-refractivity contribution in [2.45, 2.75) is 13.7 Å². The van der Waals surface area contributed by atoms with E-state index in [1.165, 1.54) is 12.4 Å². The van der Waals surface area contributed by atoms with Crippen LogP contribution < -0.4 is 36.2 Å². The topological polar surface area (TPSA) is 65.0 Å². The smallest absolute Gasteiger partial charge is 0.297 e. The van der Waals surface area contributed by atoms with Crippen LogP contribution >= 0.6 is 11.6 Å². The number of aryl methyl sites for hydroxylation is 2. The van der Waals surface area contributed by atoms with Crippen LogP contribution in [0.3, 0.4) is 0 Å². The molecule has 8 aromatic carbocycles. The quantitative estimate of drug-likeness (QED) is 0.140. The summed E-state index contributed by atoms with van der Waals surface area (Å²) >= 11 is 7.30. The van der Waals surface area contributed by atoms with Gasteiger partial charge in [-0.1, -0.05) is 133 Å². The zero-order chi connectivity index (χ0) is 54.7. The molecule has 0 saturated heterocycles. The summed E-state index contributed by atoms with van der Waals surface area (Å²) in [4.78, 5) is 17.4. The molecule has 0 atom stereocenters. The lowest BCUT2D eigenvalue weighted by molar-refractivity contribution is 0.603. The lowest BCUT2D eigenvalue weighted by Crippen LogP contribution is -2.60. The number of fused-ring (bicyclic) bond motifs is 7. The van der Waals surface area contributed by atoms with Crippen molar-refractivity contribution in [3.63, 3.8) is 0 Å². The standard InChI is InChI=1S/C32H22BN3O.C32H24ClN3O/c1-21-19-24-30-31(37-32(24)34-20-21)33-25-15-8-9-16-26(25)35(22-11-4-2-5-12-22)27-17-10-18-28(29(27)33)36(30)23-13-6-3-7-14-23;1-23-20-27-30(22-37-32(27)34-21-23)36(26-16-9-4-10-17-26)29-19-11-18-28(31(29)33)35(24-12-5-2-6-13-24)25-14-7-3-8-15-25/h2-20H,1H3;2-22H,1H3/i2*1D3. The minimum Gasteiger partial charge on any atom is -0.450 e. The monoisotopic (exact) mass is 982 g/mol. The molecule has 0 fully saturated rings. The van der Waals surface area contributed by atoms with Gasteiger partial charge in [-0.2, -0.15) is 0 Å². The number of aromatic nitrogens is 2. The van der Waals surface area contributed by atoms with E-state index < -0.39 is 13.7 Å². The SMILES string of the molecule is [2H]C([2H])([2H])c1cnc2oc3c(c2c1)N(c1ccccc1)c1cccc2c1B3c1ccccc1N2c1ccccc1.[2H]C([2H])([2H])c1cnc2occ(N(c3ccccc3)c3cccc(N(c4ccccc4)c4ccccc4)c3Cl)c2c1. The fourth-order valence-corrected chi connectivity index (χ4v) is 10.7. The highest BCUT2D eigenvalue weighted by Gasteiger charge is 2.46. The molecule has 354 valence electrons. The third kappa shape index (κ3) is 7.64. The summed E-state index contributed by atoms with van der Waals surface area (Å²) in [5, 5.41) is 1.77. The molecule has 8 nitrogen and oxygen atoms in total. The van der Waals surface area contributed by atoms with Crippen LogP contribution in [0, 0.1) is 13.7 Å². The van der Waals surface area contributed by atoms with Crippen LogP contribution in [0.5, 0.6) is 0 Å². The van der Waals surface area contributed by atoms with Gasteiger partial charge in [-0.05, 0) is 139 Å². The normalized spacial score (nSPS) is 13.7. The van der Waals surface area contributed by atoms with E-state index in [2.05, 4.69) is 104 Å². The van der Waals surface area contributed by atoms with E-state index in [4.69, 9.17) is 28.7 Å². The summed E-state index contributed by atoms with van der Waals surface area (Å²) < 4.78 is 60.2. The Morgan fingerprint density at radius 2 is 0.973 bits per heavy atom. The molecule has 4 aromatic heterocycles. The summed E-state index contributed by atoms with van der Waals surface area (Å²) in [5.74, 6) is 0. The van der Waals surface area contributed by atoms with E-state index in [9.17, 15) is 0 Å². The maximum absolute atomic E-state index is 8.03. The summed E-state index contributed by atoms with van der Waals surface area (Å²) in [6.07, 6.45) is 4.32. The number of rotatable bonds is 8. The van der Waals surface area contributed by atoms with Gasteiger partial charge in [0.25, 0.3) is 6.71 Å². The van der Waals surface area contributed by atoms with Crippen molar-refractivity contribution in [1.82, 2.24) is 9.97 Å². The molecule has 14 rings (SSSR count). The molecule has 0 amide bonds. The van der Waals surface area contributed by atoms with E-state index in [0.717, 1.165) is 73.5 Å². The van der Waals surface area contributed by atoms with Crippen LogP contribution in [0.2, 0.25) is 5.02 Å². The first kappa shape index (κ1) is 38.4. The van der Waals surface area contributed by atoms with Crippen LogP contribution in [-0.2, 0) is 0 Å². The molecule has 0 saturated carbocycles. The van der Waals surface area contributed by atoms with Crippen molar-refractivity contribution in [2.24, 2.45) is 0 Å². The summed E-state index contributed by atoms with van der Waals surface area (Å²) in [6.45, 7) is -4.78. The molecule has 0 spiro atoms. The molecule has 0 N–H and O–H groups in total. The maximum Gasteiger partial charge on any atom is 0.297 e. The maximum atomic E-state index is 8.03. The molecule has 6 heterocycles. The third-order valence-corrected chi connectivity index (χ3v) is 13.9. The van der Waals surface area contributed by atoms with Crippen LogP contribution in [0.25, 0.3) is 22.2 Å². The number of halogens is 1. The predicted octanol–water partition coefficient (Wildman–Crippen LogP) is 15.9. The Balaban J connectivity index is 0.000000151. The van der Waals surface area contributed by atoms with Gasteiger partial charge in [-0.15, -0.1) is 0 Å². The van der Waals surface area contributed by atoms with Crippen LogP contribution in [0.15, 0.2) is 252 Å². The van der Waals surface area contributed by atoms with Gasteiger partial charge in [0.2, 0.25) is 11.4 Å². The molecule has 0 unspecified atom stereocenters. The van der Waals surface area contributed by atoms with Crippen molar-refractivity contribution >= 4 is 125 Å². The van der Waals surface area contributed by atoms with Gasteiger partial charge in [-0.3, -0.25) is 0 Å². The largest absolute Gasteiger partial charge is 0.450 e. The van der Waals surface area contributed by atoms with Gasteiger partial charge in [0.15, 0.2) is 0 Å². The number of hydrogen-bond acceptors (Lipinski definition) is 8. The average Bonchev–Trinajstić information content (AvgIpc) is 4.18. The Kier molecular flexibility index (Phi) is 9.70. The van der Waals surface area contributed by atoms with Gasteiger partial charge in [0, 0.05) is 66.1 Å². The minimum atomic E-state index is -2.31. The molecule has 2 aliphatic rings. The predicted molar refractivity (Wildman–Crippen MR) is 306 cm³/mol. The van der Waals surface area contributed by atoms with E-state index in [1.54, 1.807) is 18.4 Å². The number of furan rings is 2. The van der Waals surface area contributed by atoms with Gasteiger partial charge in [0.05, 0.1) is 38.5 Å². The first-order chi connectivity index (χ1) is 38.9. The van der Waals surface area contributed by atoms with E-state index >= 15 is 0 Å². The second-order valence-corrected chi connectivity index (χ2v) is 18.3. The van der Waals surface area contributed by atoms with Gasteiger partial charge >= 0.3 is 0 Å². The molecule has 0 aliphatic carbocycles. The van der Waals surface area contributed by atoms with Gasteiger partial charge in [0.1, 0.15) is 11.9 Å². The summed E-state index contributed by atoms with van der Waals surface area (Å²) in [6, 6.07) is 74.4. The Bertz CT molecular complexity index is 4190. The number of pyridine rings is 2. The molecule has 0 bridgehead atoms. The Hall–Kier alpha value is -9.31. The molecule has 2 aliphatic heterocycles. The first-order valence-electron chi connectivity index (χ1n) is 27.2. The van der Waals surface area contributed by atoms with Crippen molar-refractivity contribution in [3.05, 3.63) is 259 Å².